The SMILES string of the molecule is CCOC(=O)C/C(=C\c1cccc(C)n1)C(=O)OCC. The second kappa shape index (κ2) is 8.09. The van der Waals surface area contributed by atoms with Crippen LogP contribution in [0.25, 0.3) is 6.08 Å². The Balaban J connectivity index is 2.97. The van der Waals surface area contributed by atoms with Crippen LogP contribution in [-0.4, -0.2) is 30.1 Å². The third-order valence-electron chi connectivity index (χ3n) is 2.41. The third-order valence-corrected chi connectivity index (χ3v) is 2.41. The van der Waals surface area contributed by atoms with Crippen molar-refractivity contribution >= 4 is 18.0 Å². The van der Waals surface area contributed by atoms with Gasteiger partial charge in [-0.3, -0.25) is 9.78 Å². The van der Waals surface area contributed by atoms with E-state index in [2.05, 4.69) is 4.98 Å². The predicted octanol–water partition coefficient (Wildman–Crippen LogP) is 2.29. The summed E-state index contributed by atoms with van der Waals surface area (Å²) in [6.07, 6.45) is 1.43. The maximum atomic E-state index is 11.8. The van der Waals surface area contributed by atoms with Crippen molar-refractivity contribution in [3.63, 3.8) is 0 Å². The van der Waals surface area contributed by atoms with Crippen LogP contribution in [0, 0.1) is 6.92 Å². The summed E-state index contributed by atoms with van der Waals surface area (Å²) in [5, 5.41) is 0. The number of carbonyl (C=O) groups is 2. The maximum absolute atomic E-state index is 11.8. The molecule has 1 rings (SSSR count). The van der Waals surface area contributed by atoms with Crippen molar-refractivity contribution in [2.45, 2.75) is 27.2 Å². The molecule has 0 unspecified atom stereocenters. The van der Waals surface area contributed by atoms with Gasteiger partial charge in [0.15, 0.2) is 0 Å². The van der Waals surface area contributed by atoms with E-state index in [1.165, 1.54) is 0 Å². The first kappa shape index (κ1) is 15.9. The molecule has 5 nitrogen and oxygen atoms in total. The molecule has 20 heavy (non-hydrogen) atoms. The zero-order valence-electron chi connectivity index (χ0n) is 12.0. The van der Waals surface area contributed by atoms with E-state index in [9.17, 15) is 9.59 Å². The first-order valence-corrected chi connectivity index (χ1v) is 6.53. The lowest BCUT2D eigenvalue weighted by molar-refractivity contribution is -0.145. The Bertz CT molecular complexity index is 508. The van der Waals surface area contributed by atoms with E-state index in [-0.39, 0.29) is 25.2 Å². The molecule has 1 aromatic rings. The first-order chi connectivity index (χ1) is 9.56. The summed E-state index contributed by atoms with van der Waals surface area (Å²) < 4.78 is 9.80. The minimum atomic E-state index is -0.524. The molecule has 0 spiro atoms. The Kier molecular flexibility index (Phi) is 6.43. The van der Waals surface area contributed by atoms with Crippen LogP contribution in [0.4, 0.5) is 0 Å². The molecule has 0 N–H and O–H groups in total. The fraction of sp³-hybridized carbons (Fsp3) is 0.400. The van der Waals surface area contributed by atoms with Gasteiger partial charge in [-0.05, 0) is 39.0 Å². The highest BCUT2D eigenvalue weighted by Gasteiger charge is 2.16. The van der Waals surface area contributed by atoms with Crippen LogP contribution < -0.4 is 0 Å². The number of esters is 2. The van der Waals surface area contributed by atoms with E-state index in [1.54, 1.807) is 26.0 Å². The number of carbonyl (C=O) groups excluding carboxylic acids is 2. The van der Waals surface area contributed by atoms with Gasteiger partial charge in [-0.2, -0.15) is 0 Å². The van der Waals surface area contributed by atoms with Crippen LogP contribution in [0.1, 0.15) is 31.7 Å². The van der Waals surface area contributed by atoms with Crippen LogP contribution in [-0.2, 0) is 19.1 Å². The van der Waals surface area contributed by atoms with Crippen molar-refractivity contribution in [1.29, 1.82) is 0 Å². The molecule has 1 aromatic heterocycles. The second-order valence-corrected chi connectivity index (χ2v) is 4.08. The van der Waals surface area contributed by atoms with Gasteiger partial charge in [0.1, 0.15) is 0 Å². The van der Waals surface area contributed by atoms with Crippen LogP contribution in [0.3, 0.4) is 0 Å². The van der Waals surface area contributed by atoms with E-state index in [0.29, 0.717) is 5.69 Å². The van der Waals surface area contributed by atoms with Crippen LogP contribution in [0.15, 0.2) is 23.8 Å². The molecule has 0 bridgehead atoms. The minimum absolute atomic E-state index is 0.123. The summed E-state index contributed by atoms with van der Waals surface area (Å²) in [6.45, 7) is 5.81. The smallest absolute Gasteiger partial charge is 0.334 e. The van der Waals surface area contributed by atoms with Gasteiger partial charge in [0.25, 0.3) is 0 Å². The predicted molar refractivity (Wildman–Crippen MR) is 74.8 cm³/mol. The highest BCUT2D eigenvalue weighted by molar-refractivity contribution is 5.98. The standard InChI is InChI=1S/C15H19NO4/c1-4-19-14(17)10-12(15(18)20-5-2)9-13-8-6-7-11(3)16-13/h6-9H,4-5,10H2,1-3H3/b12-9+. The summed E-state index contributed by atoms with van der Waals surface area (Å²) in [7, 11) is 0. The Morgan fingerprint density at radius 3 is 2.50 bits per heavy atom. The van der Waals surface area contributed by atoms with Crippen molar-refractivity contribution < 1.29 is 19.1 Å². The normalized spacial score (nSPS) is 11.1. The Labute approximate surface area is 118 Å². The van der Waals surface area contributed by atoms with Gasteiger partial charge >= 0.3 is 11.9 Å². The lowest BCUT2D eigenvalue weighted by Gasteiger charge is -2.07. The van der Waals surface area contributed by atoms with Gasteiger partial charge in [-0.1, -0.05) is 6.07 Å². The topological polar surface area (TPSA) is 65.5 Å². The van der Waals surface area contributed by atoms with Gasteiger partial charge in [-0.15, -0.1) is 0 Å². The lowest BCUT2D eigenvalue weighted by Crippen LogP contribution is -2.13. The molecule has 0 saturated heterocycles. The van der Waals surface area contributed by atoms with Gasteiger partial charge < -0.3 is 9.47 Å². The third kappa shape index (κ3) is 5.22. The summed E-state index contributed by atoms with van der Waals surface area (Å²) in [5.74, 6) is -0.983. The molecule has 108 valence electrons. The monoisotopic (exact) mass is 277 g/mol. The summed E-state index contributed by atoms with van der Waals surface area (Å²) in [5.41, 5.74) is 1.68. The van der Waals surface area contributed by atoms with Crippen LogP contribution in [0.5, 0.6) is 0 Å². The van der Waals surface area contributed by atoms with Crippen LogP contribution >= 0.6 is 0 Å². The lowest BCUT2D eigenvalue weighted by atomic mass is 10.1. The molecule has 0 atom stereocenters. The highest BCUT2D eigenvalue weighted by atomic mass is 16.5. The second-order valence-electron chi connectivity index (χ2n) is 4.08. The van der Waals surface area contributed by atoms with Gasteiger partial charge in [0, 0.05) is 5.69 Å². The number of ether oxygens (including phenoxy) is 2. The van der Waals surface area contributed by atoms with Crippen molar-refractivity contribution in [2.24, 2.45) is 0 Å². The summed E-state index contributed by atoms with van der Waals surface area (Å²) in [6, 6.07) is 5.45. The quantitative estimate of drug-likeness (QED) is 0.589. The number of hydrogen-bond acceptors (Lipinski definition) is 5. The molecule has 5 heteroatoms. The zero-order chi connectivity index (χ0) is 15.0. The molecule has 0 amide bonds. The van der Waals surface area contributed by atoms with E-state index >= 15 is 0 Å². The number of aromatic nitrogens is 1. The molecule has 0 radical (unpaired) electrons. The molecule has 0 aliphatic carbocycles. The van der Waals surface area contributed by atoms with Gasteiger partial charge in [0.05, 0.1) is 30.9 Å². The van der Waals surface area contributed by atoms with Crippen molar-refractivity contribution in [3.05, 3.63) is 35.2 Å². The van der Waals surface area contributed by atoms with Gasteiger partial charge in [0.2, 0.25) is 0 Å². The zero-order valence-corrected chi connectivity index (χ0v) is 12.0. The minimum Gasteiger partial charge on any atom is -0.466 e. The highest BCUT2D eigenvalue weighted by Crippen LogP contribution is 2.12. The van der Waals surface area contributed by atoms with Crippen molar-refractivity contribution in [1.82, 2.24) is 4.98 Å². The maximum Gasteiger partial charge on any atom is 0.334 e. The fourth-order valence-corrected chi connectivity index (χ4v) is 1.60. The number of rotatable bonds is 6. The van der Waals surface area contributed by atoms with Crippen molar-refractivity contribution in [3.8, 4) is 0 Å². The Morgan fingerprint density at radius 2 is 1.90 bits per heavy atom. The molecular weight excluding hydrogens is 258 g/mol. The van der Waals surface area contributed by atoms with E-state index < -0.39 is 11.9 Å². The largest absolute Gasteiger partial charge is 0.466 e. The fourth-order valence-electron chi connectivity index (χ4n) is 1.60. The van der Waals surface area contributed by atoms with Crippen molar-refractivity contribution in [2.75, 3.05) is 13.2 Å². The molecule has 0 aliphatic heterocycles. The number of aryl methyl sites for hydroxylation is 1. The Morgan fingerprint density at radius 1 is 1.20 bits per heavy atom. The van der Waals surface area contributed by atoms with Crippen LogP contribution in [0.2, 0.25) is 0 Å². The molecule has 0 aromatic carbocycles. The molecule has 0 aliphatic rings. The number of nitrogens with zero attached hydrogens (tertiary/aromatic N) is 1. The molecule has 1 heterocycles. The molecular formula is C15H19NO4. The Hall–Kier alpha value is -2.17. The summed E-state index contributed by atoms with van der Waals surface area (Å²) in [4.78, 5) is 27.6. The average Bonchev–Trinajstić information content (AvgIpc) is 2.38. The molecule has 0 saturated carbocycles. The summed E-state index contributed by atoms with van der Waals surface area (Å²) >= 11 is 0. The van der Waals surface area contributed by atoms with E-state index in [1.807, 2.05) is 19.1 Å². The average molecular weight is 277 g/mol. The number of hydrogen-bond donors (Lipinski definition) is 0. The van der Waals surface area contributed by atoms with E-state index in [0.717, 1.165) is 5.69 Å². The first-order valence-electron chi connectivity index (χ1n) is 6.53. The van der Waals surface area contributed by atoms with Gasteiger partial charge in [-0.25, -0.2) is 4.79 Å². The van der Waals surface area contributed by atoms with E-state index in [4.69, 9.17) is 9.47 Å². The number of pyridine rings is 1. The molecule has 0 fully saturated rings.